The van der Waals surface area contributed by atoms with Crippen molar-refractivity contribution >= 4 is 11.7 Å². The van der Waals surface area contributed by atoms with Crippen molar-refractivity contribution in [2.24, 2.45) is 4.99 Å². The molecule has 5 nitrogen and oxygen atoms in total. The highest BCUT2D eigenvalue weighted by Crippen LogP contribution is 2.30. The number of hydrogen-bond donors (Lipinski definition) is 1. The van der Waals surface area contributed by atoms with E-state index in [2.05, 4.69) is 4.98 Å². The zero-order valence-corrected chi connectivity index (χ0v) is 13.9. The first kappa shape index (κ1) is 16.0. The van der Waals surface area contributed by atoms with Crippen LogP contribution < -0.4 is 4.74 Å². The first-order chi connectivity index (χ1) is 12.7. The normalized spacial score (nSPS) is 14.1. The molecule has 0 amide bonds. The number of carboxylic acid groups (broad SMARTS) is 1. The topological polar surface area (TPSA) is 71.8 Å². The molecular formula is C21H16N2O3. The number of rotatable bonds is 3. The summed E-state index contributed by atoms with van der Waals surface area (Å²) < 4.78 is 5.91. The average Bonchev–Trinajstić information content (AvgIpc) is 2.83. The van der Waals surface area contributed by atoms with Crippen LogP contribution in [0.15, 0.2) is 72.0 Å². The Hall–Kier alpha value is -3.47. The predicted molar refractivity (Wildman–Crippen MR) is 97.8 cm³/mol. The van der Waals surface area contributed by atoms with E-state index in [1.807, 2.05) is 36.4 Å². The number of aromatic carboxylic acids is 1. The third-order valence-electron chi connectivity index (χ3n) is 4.28. The first-order valence-electron chi connectivity index (χ1n) is 8.24. The van der Waals surface area contributed by atoms with Crippen LogP contribution in [0.3, 0.4) is 0 Å². The fourth-order valence-electron chi connectivity index (χ4n) is 2.98. The summed E-state index contributed by atoms with van der Waals surface area (Å²) in [7, 11) is 0. The van der Waals surface area contributed by atoms with Gasteiger partial charge in [0.2, 0.25) is 0 Å². The van der Waals surface area contributed by atoms with Crippen molar-refractivity contribution in [1.29, 1.82) is 0 Å². The second-order valence-corrected chi connectivity index (χ2v) is 5.99. The van der Waals surface area contributed by atoms with E-state index in [0.29, 0.717) is 24.5 Å². The number of carboxylic acids is 1. The molecule has 0 saturated carbocycles. The van der Waals surface area contributed by atoms with Crippen molar-refractivity contribution < 1.29 is 14.6 Å². The quantitative estimate of drug-likeness (QED) is 0.786. The third kappa shape index (κ3) is 3.07. The lowest BCUT2D eigenvalue weighted by Gasteiger charge is -2.10. The summed E-state index contributed by atoms with van der Waals surface area (Å²) in [5, 5.41) is 9.36. The molecule has 128 valence electrons. The molecule has 0 radical (unpaired) electrons. The highest BCUT2D eigenvalue weighted by Gasteiger charge is 2.21. The Morgan fingerprint density at radius 1 is 1.12 bits per heavy atom. The van der Waals surface area contributed by atoms with E-state index in [1.54, 1.807) is 30.6 Å². The molecule has 0 saturated heterocycles. The zero-order chi connectivity index (χ0) is 17.9. The van der Waals surface area contributed by atoms with Crippen LogP contribution in [0, 0.1) is 0 Å². The third-order valence-corrected chi connectivity index (χ3v) is 4.28. The van der Waals surface area contributed by atoms with Crippen LogP contribution >= 0.6 is 0 Å². The molecule has 0 spiro atoms. The summed E-state index contributed by atoms with van der Waals surface area (Å²) in [6, 6.07) is 16.6. The predicted octanol–water partition coefficient (Wildman–Crippen LogP) is 3.71. The summed E-state index contributed by atoms with van der Waals surface area (Å²) in [6.07, 6.45) is 3.50. The second-order valence-electron chi connectivity index (χ2n) is 5.99. The van der Waals surface area contributed by atoms with Crippen molar-refractivity contribution in [3.05, 3.63) is 94.8 Å². The maximum atomic E-state index is 11.4. The van der Waals surface area contributed by atoms with Gasteiger partial charge in [-0.2, -0.15) is 0 Å². The molecule has 3 aromatic rings. The van der Waals surface area contributed by atoms with Gasteiger partial charge in [-0.25, -0.2) is 4.79 Å². The molecule has 0 fully saturated rings. The molecule has 0 aliphatic carbocycles. The minimum absolute atomic E-state index is 0.209. The van der Waals surface area contributed by atoms with Gasteiger partial charge in [-0.1, -0.05) is 30.3 Å². The van der Waals surface area contributed by atoms with E-state index in [9.17, 15) is 9.90 Å². The van der Waals surface area contributed by atoms with Crippen molar-refractivity contribution in [3.8, 4) is 5.75 Å². The van der Waals surface area contributed by atoms with Gasteiger partial charge in [0, 0.05) is 23.5 Å². The van der Waals surface area contributed by atoms with Gasteiger partial charge in [-0.05, 0) is 35.4 Å². The summed E-state index contributed by atoms with van der Waals surface area (Å²) >= 11 is 0. The molecule has 5 heteroatoms. The van der Waals surface area contributed by atoms with E-state index < -0.39 is 5.97 Å². The van der Waals surface area contributed by atoms with Gasteiger partial charge in [-0.3, -0.25) is 9.98 Å². The molecule has 1 N–H and O–H groups in total. The van der Waals surface area contributed by atoms with E-state index in [4.69, 9.17) is 9.73 Å². The lowest BCUT2D eigenvalue weighted by atomic mass is 9.96. The Morgan fingerprint density at radius 3 is 2.81 bits per heavy atom. The van der Waals surface area contributed by atoms with E-state index in [-0.39, 0.29) is 5.56 Å². The molecule has 0 atom stereocenters. The first-order valence-corrected chi connectivity index (χ1v) is 8.24. The van der Waals surface area contributed by atoms with Crippen LogP contribution in [0.25, 0.3) is 0 Å². The van der Waals surface area contributed by atoms with Crippen LogP contribution in [0.2, 0.25) is 0 Å². The highest BCUT2D eigenvalue weighted by atomic mass is 16.5. The number of hydrogen-bond acceptors (Lipinski definition) is 4. The molecular weight excluding hydrogens is 328 g/mol. The van der Waals surface area contributed by atoms with Crippen molar-refractivity contribution in [3.63, 3.8) is 0 Å². The second kappa shape index (κ2) is 6.80. The molecule has 1 aromatic heterocycles. The SMILES string of the molecule is O=C(O)c1ccc2c(c1)/C(=N/Cc1cccnc1)c1ccccc1CO2. The highest BCUT2D eigenvalue weighted by molar-refractivity contribution is 6.16. The molecule has 26 heavy (non-hydrogen) atoms. The van der Waals surface area contributed by atoms with Gasteiger partial charge in [0.25, 0.3) is 0 Å². The minimum atomic E-state index is -0.975. The Balaban J connectivity index is 1.87. The number of pyridine rings is 1. The molecule has 1 aliphatic rings. The number of aromatic nitrogens is 1. The summed E-state index contributed by atoms with van der Waals surface area (Å²) in [5.74, 6) is -0.340. The summed E-state index contributed by atoms with van der Waals surface area (Å²) in [4.78, 5) is 20.3. The van der Waals surface area contributed by atoms with Crippen LogP contribution in [-0.2, 0) is 13.2 Å². The van der Waals surface area contributed by atoms with E-state index in [1.165, 1.54) is 0 Å². The van der Waals surface area contributed by atoms with Crippen LogP contribution in [0.1, 0.15) is 32.6 Å². The number of carbonyl (C=O) groups is 1. The fourth-order valence-corrected chi connectivity index (χ4v) is 2.98. The molecule has 2 aromatic carbocycles. The smallest absolute Gasteiger partial charge is 0.335 e. The number of aliphatic imine (C=N–C) groups is 1. The average molecular weight is 344 g/mol. The molecule has 4 rings (SSSR count). The van der Waals surface area contributed by atoms with Crippen LogP contribution in [0.4, 0.5) is 0 Å². The number of fused-ring (bicyclic) bond motifs is 2. The van der Waals surface area contributed by atoms with Gasteiger partial charge in [0.1, 0.15) is 12.4 Å². The van der Waals surface area contributed by atoms with Crippen molar-refractivity contribution in [2.75, 3.05) is 0 Å². The standard InChI is InChI=1S/C21H16N2O3/c24-21(25)15-7-8-19-18(10-15)20(23-12-14-4-3-9-22-11-14)17-6-2-1-5-16(17)13-26-19/h1-11H,12-13H2,(H,24,25)/b23-20+. The lowest BCUT2D eigenvalue weighted by molar-refractivity contribution is 0.0697. The molecule has 0 bridgehead atoms. The maximum absolute atomic E-state index is 11.4. The Bertz CT molecular complexity index is 997. The largest absolute Gasteiger partial charge is 0.488 e. The van der Waals surface area contributed by atoms with Gasteiger partial charge in [-0.15, -0.1) is 0 Å². The Labute approximate surface area is 150 Å². The van der Waals surface area contributed by atoms with E-state index in [0.717, 1.165) is 22.4 Å². The maximum Gasteiger partial charge on any atom is 0.335 e. The van der Waals surface area contributed by atoms with Gasteiger partial charge in [0.15, 0.2) is 0 Å². The van der Waals surface area contributed by atoms with Crippen LogP contribution in [0.5, 0.6) is 5.75 Å². The number of benzene rings is 2. The Morgan fingerprint density at radius 2 is 2.00 bits per heavy atom. The van der Waals surface area contributed by atoms with Crippen molar-refractivity contribution in [1.82, 2.24) is 4.98 Å². The molecule has 1 aliphatic heterocycles. The Kier molecular flexibility index (Phi) is 4.19. The van der Waals surface area contributed by atoms with Gasteiger partial charge >= 0.3 is 5.97 Å². The monoisotopic (exact) mass is 344 g/mol. The van der Waals surface area contributed by atoms with E-state index >= 15 is 0 Å². The zero-order valence-electron chi connectivity index (χ0n) is 13.9. The fraction of sp³-hybridized carbons (Fsp3) is 0.0952. The van der Waals surface area contributed by atoms with Gasteiger partial charge in [0.05, 0.1) is 17.8 Å². The summed E-state index contributed by atoms with van der Waals surface area (Å²) in [5.41, 5.74) is 4.60. The molecule has 2 heterocycles. The minimum Gasteiger partial charge on any atom is -0.488 e. The number of ether oxygens (including phenoxy) is 1. The van der Waals surface area contributed by atoms with Crippen molar-refractivity contribution in [2.45, 2.75) is 13.2 Å². The van der Waals surface area contributed by atoms with Gasteiger partial charge < -0.3 is 9.84 Å². The van der Waals surface area contributed by atoms with Crippen LogP contribution in [-0.4, -0.2) is 21.8 Å². The lowest BCUT2D eigenvalue weighted by Crippen LogP contribution is -2.07. The number of nitrogens with zero attached hydrogens (tertiary/aromatic N) is 2. The summed E-state index contributed by atoms with van der Waals surface area (Å²) in [6.45, 7) is 0.871. The molecule has 0 unspecified atom stereocenters.